The summed E-state index contributed by atoms with van der Waals surface area (Å²) in [4.78, 5) is 10.6. The Morgan fingerprint density at radius 2 is 2.00 bits per heavy atom. The van der Waals surface area contributed by atoms with Crippen molar-refractivity contribution in [2.24, 2.45) is 5.73 Å². The molecule has 0 heterocycles. The fourth-order valence-corrected chi connectivity index (χ4v) is 2.65. The average molecular weight is 247 g/mol. The van der Waals surface area contributed by atoms with Crippen molar-refractivity contribution in [1.82, 2.24) is 10.6 Å². The van der Waals surface area contributed by atoms with Crippen molar-refractivity contribution >= 4 is 6.03 Å². The Kier molecular flexibility index (Phi) is 4.20. The molecule has 0 aliphatic heterocycles. The third-order valence-electron chi connectivity index (χ3n) is 3.61. The quantitative estimate of drug-likeness (QED) is 0.711. The van der Waals surface area contributed by atoms with Crippen LogP contribution in [0.4, 0.5) is 4.79 Å². The minimum absolute atomic E-state index is 0.395. The van der Waals surface area contributed by atoms with Gasteiger partial charge in [0, 0.05) is 19.1 Å². The van der Waals surface area contributed by atoms with E-state index in [4.69, 9.17) is 5.73 Å². The largest absolute Gasteiger partial charge is 0.352 e. The van der Waals surface area contributed by atoms with Crippen LogP contribution < -0.4 is 16.4 Å². The summed E-state index contributed by atoms with van der Waals surface area (Å²) in [6.45, 7) is 3.60. The molecule has 0 saturated carbocycles. The third-order valence-corrected chi connectivity index (χ3v) is 3.61. The van der Waals surface area contributed by atoms with Crippen LogP contribution in [-0.4, -0.2) is 19.1 Å². The lowest BCUT2D eigenvalue weighted by Gasteiger charge is -2.30. The van der Waals surface area contributed by atoms with Crippen LogP contribution >= 0.6 is 0 Å². The fourth-order valence-electron chi connectivity index (χ4n) is 2.65. The smallest absolute Gasteiger partial charge is 0.312 e. The van der Waals surface area contributed by atoms with E-state index in [2.05, 4.69) is 41.8 Å². The lowest BCUT2D eigenvalue weighted by Crippen LogP contribution is -2.37. The standard InChI is InChI=1S/C14H21N3O/c1-10-6-7-13(16-8-9-17-14(15)18)12-5-3-2-4-11(10)12/h2-5,10,13,16H,6-9H2,1H3,(H3,15,17,18). The van der Waals surface area contributed by atoms with Crippen LogP contribution in [0.5, 0.6) is 0 Å². The molecule has 0 spiro atoms. The molecule has 0 fully saturated rings. The first-order chi connectivity index (χ1) is 8.68. The highest BCUT2D eigenvalue weighted by Gasteiger charge is 2.23. The zero-order valence-electron chi connectivity index (χ0n) is 10.8. The Hall–Kier alpha value is -1.55. The van der Waals surface area contributed by atoms with Gasteiger partial charge < -0.3 is 16.4 Å². The maximum absolute atomic E-state index is 10.6. The van der Waals surface area contributed by atoms with E-state index < -0.39 is 6.03 Å². The number of urea groups is 1. The minimum atomic E-state index is -0.463. The molecule has 1 aromatic carbocycles. The SMILES string of the molecule is CC1CCC(NCCNC(N)=O)c2ccccc21. The number of benzene rings is 1. The highest BCUT2D eigenvalue weighted by molar-refractivity contribution is 5.71. The number of fused-ring (bicyclic) bond motifs is 1. The molecule has 2 rings (SSSR count). The summed E-state index contributed by atoms with van der Waals surface area (Å²) in [6.07, 6.45) is 2.35. The monoisotopic (exact) mass is 247 g/mol. The summed E-state index contributed by atoms with van der Waals surface area (Å²) in [5.74, 6) is 0.642. The second kappa shape index (κ2) is 5.87. The second-order valence-electron chi connectivity index (χ2n) is 4.91. The van der Waals surface area contributed by atoms with Crippen LogP contribution in [0.1, 0.15) is 42.9 Å². The van der Waals surface area contributed by atoms with Gasteiger partial charge in [0.15, 0.2) is 0 Å². The number of primary amides is 1. The maximum Gasteiger partial charge on any atom is 0.312 e. The van der Waals surface area contributed by atoms with E-state index in [-0.39, 0.29) is 0 Å². The van der Waals surface area contributed by atoms with Gasteiger partial charge in [0.05, 0.1) is 0 Å². The van der Waals surface area contributed by atoms with E-state index in [0.29, 0.717) is 18.5 Å². The summed E-state index contributed by atoms with van der Waals surface area (Å²) in [6, 6.07) is 8.54. The number of amides is 2. The molecule has 2 unspecified atom stereocenters. The van der Waals surface area contributed by atoms with Crippen molar-refractivity contribution < 1.29 is 4.79 Å². The van der Waals surface area contributed by atoms with Gasteiger partial charge in [-0.2, -0.15) is 0 Å². The van der Waals surface area contributed by atoms with Crippen molar-refractivity contribution in [3.8, 4) is 0 Å². The molecule has 1 aliphatic rings. The zero-order valence-corrected chi connectivity index (χ0v) is 10.8. The Morgan fingerprint density at radius 3 is 2.72 bits per heavy atom. The summed E-state index contributed by atoms with van der Waals surface area (Å²) < 4.78 is 0. The molecule has 2 amide bonds. The average Bonchev–Trinajstić information content (AvgIpc) is 2.37. The number of nitrogens with one attached hydrogen (secondary N) is 2. The molecule has 0 saturated heterocycles. The molecule has 4 nitrogen and oxygen atoms in total. The van der Waals surface area contributed by atoms with E-state index in [1.54, 1.807) is 0 Å². The molecule has 0 aromatic heterocycles. The molecule has 0 radical (unpaired) electrons. The summed E-state index contributed by atoms with van der Waals surface area (Å²) in [5.41, 5.74) is 7.88. The van der Waals surface area contributed by atoms with Gasteiger partial charge in [-0.1, -0.05) is 31.2 Å². The van der Waals surface area contributed by atoms with Gasteiger partial charge in [0.1, 0.15) is 0 Å². The molecular weight excluding hydrogens is 226 g/mol. The number of nitrogens with two attached hydrogens (primary N) is 1. The van der Waals surface area contributed by atoms with E-state index in [1.165, 1.54) is 17.5 Å². The van der Waals surface area contributed by atoms with Gasteiger partial charge in [-0.3, -0.25) is 0 Å². The number of carbonyl (C=O) groups excluding carboxylic acids is 1. The molecule has 4 heteroatoms. The van der Waals surface area contributed by atoms with Gasteiger partial charge >= 0.3 is 6.03 Å². The Morgan fingerprint density at radius 1 is 1.28 bits per heavy atom. The van der Waals surface area contributed by atoms with E-state index >= 15 is 0 Å². The van der Waals surface area contributed by atoms with Crippen LogP contribution in [0.15, 0.2) is 24.3 Å². The van der Waals surface area contributed by atoms with Crippen molar-refractivity contribution in [2.75, 3.05) is 13.1 Å². The third kappa shape index (κ3) is 3.01. The first kappa shape index (κ1) is 12.9. The molecule has 1 aromatic rings. The predicted octanol–water partition coefficient (Wildman–Crippen LogP) is 1.88. The van der Waals surface area contributed by atoms with E-state index in [0.717, 1.165) is 13.0 Å². The van der Waals surface area contributed by atoms with Crippen molar-refractivity contribution in [3.63, 3.8) is 0 Å². The molecular formula is C14H21N3O. The second-order valence-corrected chi connectivity index (χ2v) is 4.91. The van der Waals surface area contributed by atoms with E-state index in [1.807, 2.05) is 0 Å². The first-order valence-electron chi connectivity index (χ1n) is 6.54. The first-order valence-corrected chi connectivity index (χ1v) is 6.54. The zero-order chi connectivity index (χ0) is 13.0. The Balaban J connectivity index is 1.94. The van der Waals surface area contributed by atoms with Crippen molar-refractivity contribution in [2.45, 2.75) is 31.7 Å². The van der Waals surface area contributed by atoms with Gasteiger partial charge in [-0.05, 0) is 29.9 Å². The van der Waals surface area contributed by atoms with Crippen molar-refractivity contribution in [3.05, 3.63) is 35.4 Å². The predicted molar refractivity (Wildman–Crippen MR) is 72.4 cm³/mol. The summed E-state index contributed by atoms with van der Waals surface area (Å²) in [7, 11) is 0. The normalized spacial score (nSPS) is 22.3. The van der Waals surface area contributed by atoms with Crippen LogP contribution in [0.25, 0.3) is 0 Å². The molecule has 98 valence electrons. The number of hydrogen-bond donors (Lipinski definition) is 3. The maximum atomic E-state index is 10.6. The minimum Gasteiger partial charge on any atom is -0.352 e. The van der Waals surface area contributed by atoms with Crippen LogP contribution in [0, 0.1) is 0 Å². The van der Waals surface area contributed by atoms with E-state index in [9.17, 15) is 4.79 Å². The fraction of sp³-hybridized carbons (Fsp3) is 0.500. The summed E-state index contributed by atoms with van der Waals surface area (Å²) >= 11 is 0. The summed E-state index contributed by atoms with van der Waals surface area (Å²) in [5, 5.41) is 6.08. The lowest BCUT2D eigenvalue weighted by molar-refractivity contribution is 0.248. The molecule has 18 heavy (non-hydrogen) atoms. The Bertz CT molecular complexity index is 419. The number of hydrogen-bond acceptors (Lipinski definition) is 2. The number of carbonyl (C=O) groups is 1. The van der Waals surface area contributed by atoms with Gasteiger partial charge in [-0.25, -0.2) is 4.79 Å². The van der Waals surface area contributed by atoms with Crippen LogP contribution in [0.2, 0.25) is 0 Å². The van der Waals surface area contributed by atoms with Crippen molar-refractivity contribution in [1.29, 1.82) is 0 Å². The molecule has 0 bridgehead atoms. The van der Waals surface area contributed by atoms with Gasteiger partial charge in [-0.15, -0.1) is 0 Å². The highest BCUT2D eigenvalue weighted by atomic mass is 16.2. The molecule has 2 atom stereocenters. The van der Waals surface area contributed by atoms with Gasteiger partial charge in [0.25, 0.3) is 0 Å². The topological polar surface area (TPSA) is 67.2 Å². The molecule has 1 aliphatic carbocycles. The lowest BCUT2D eigenvalue weighted by atomic mass is 9.81. The van der Waals surface area contributed by atoms with Gasteiger partial charge in [0.2, 0.25) is 0 Å². The van der Waals surface area contributed by atoms with Crippen LogP contribution in [-0.2, 0) is 0 Å². The Labute approximate surface area is 108 Å². The van der Waals surface area contributed by atoms with Crippen LogP contribution in [0.3, 0.4) is 0 Å². The molecule has 4 N–H and O–H groups in total. The number of rotatable bonds is 4. The highest BCUT2D eigenvalue weighted by Crippen LogP contribution is 2.36.